The maximum Gasteiger partial charge on any atom is 0.244 e. The second-order valence-corrected chi connectivity index (χ2v) is 5.03. The average molecular weight is 261 g/mol. The zero-order valence-electron chi connectivity index (χ0n) is 11.3. The van der Waals surface area contributed by atoms with Crippen LogP contribution in [-0.2, 0) is 26.1 Å². The summed E-state index contributed by atoms with van der Waals surface area (Å²) in [6.07, 6.45) is 2.38. The molecule has 3 heterocycles. The third-order valence-electron chi connectivity index (χ3n) is 3.24. The molecule has 3 rings (SSSR count). The lowest BCUT2D eigenvalue weighted by Crippen LogP contribution is -2.15. The number of anilines is 1. The molecule has 0 spiro atoms. The molecule has 19 heavy (non-hydrogen) atoms. The third-order valence-corrected chi connectivity index (χ3v) is 3.24. The summed E-state index contributed by atoms with van der Waals surface area (Å²) in [5.74, 6) is 1.55. The summed E-state index contributed by atoms with van der Waals surface area (Å²) >= 11 is 0. The van der Waals surface area contributed by atoms with Crippen molar-refractivity contribution in [3.05, 3.63) is 23.3 Å². The van der Waals surface area contributed by atoms with Crippen LogP contribution in [0.2, 0.25) is 0 Å². The second-order valence-electron chi connectivity index (χ2n) is 5.03. The molecule has 102 valence electrons. The van der Waals surface area contributed by atoms with Crippen LogP contribution in [0.4, 0.5) is 5.95 Å². The van der Waals surface area contributed by atoms with Gasteiger partial charge in [0.15, 0.2) is 0 Å². The number of aromatic nitrogens is 5. The van der Waals surface area contributed by atoms with Gasteiger partial charge in [0.25, 0.3) is 0 Å². The second kappa shape index (κ2) is 5.00. The van der Waals surface area contributed by atoms with Crippen molar-refractivity contribution in [2.75, 3.05) is 19.0 Å². The topological polar surface area (TPSA) is 74.7 Å². The highest BCUT2D eigenvalue weighted by atomic mass is 15.3. The summed E-state index contributed by atoms with van der Waals surface area (Å²) in [6.45, 7) is 2.49. The Morgan fingerprint density at radius 1 is 1.42 bits per heavy atom. The standard InChI is InChI=1S/C12H19N7/c1-18(2)12-14-11(15-16-12)8-13-7-9-6-10-4-3-5-19(10)17-9/h6,13H,3-5,7-8H2,1-2H3,(H,14,15,16). The minimum Gasteiger partial charge on any atom is -0.346 e. The van der Waals surface area contributed by atoms with E-state index in [0.717, 1.165) is 31.0 Å². The van der Waals surface area contributed by atoms with Gasteiger partial charge in [-0.05, 0) is 18.9 Å². The van der Waals surface area contributed by atoms with E-state index in [9.17, 15) is 0 Å². The third kappa shape index (κ3) is 2.60. The SMILES string of the molecule is CN(C)c1n[nH]c(CNCc2cc3n(n2)CCC3)n1. The number of rotatable bonds is 5. The van der Waals surface area contributed by atoms with Gasteiger partial charge in [-0.2, -0.15) is 10.1 Å². The van der Waals surface area contributed by atoms with Crippen molar-refractivity contribution in [1.29, 1.82) is 0 Å². The number of fused-ring (bicyclic) bond motifs is 1. The lowest BCUT2D eigenvalue weighted by Gasteiger charge is -2.03. The fraction of sp³-hybridized carbons (Fsp3) is 0.583. The van der Waals surface area contributed by atoms with E-state index in [1.54, 1.807) is 0 Å². The highest BCUT2D eigenvalue weighted by Gasteiger charge is 2.13. The summed E-state index contributed by atoms with van der Waals surface area (Å²) in [5, 5.41) is 14.9. The molecule has 0 fully saturated rings. The van der Waals surface area contributed by atoms with Gasteiger partial charge in [-0.3, -0.25) is 9.78 Å². The summed E-state index contributed by atoms with van der Waals surface area (Å²) < 4.78 is 2.11. The van der Waals surface area contributed by atoms with Crippen LogP contribution in [0.3, 0.4) is 0 Å². The molecule has 0 aliphatic carbocycles. The van der Waals surface area contributed by atoms with E-state index in [2.05, 4.69) is 36.3 Å². The quantitative estimate of drug-likeness (QED) is 0.810. The molecule has 0 saturated heterocycles. The van der Waals surface area contributed by atoms with E-state index < -0.39 is 0 Å². The molecular weight excluding hydrogens is 242 g/mol. The van der Waals surface area contributed by atoms with Crippen LogP contribution >= 0.6 is 0 Å². The number of nitrogens with one attached hydrogen (secondary N) is 2. The highest BCUT2D eigenvalue weighted by molar-refractivity contribution is 5.24. The first kappa shape index (κ1) is 12.2. The number of aromatic amines is 1. The average Bonchev–Trinajstić information content (AvgIpc) is 3.02. The summed E-state index contributed by atoms with van der Waals surface area (Å²) in [4.78, 5) is 6.24. The largest absolute Gasteiger partial charge is 0.346 e. The number of hydrogen-bond donors (Lipinski definition) is 2. The minimum absolute atomic E-state index is 0.670. The molecule has 0 aromatic carbocycles. The van der Waals surface area contributed by atoms with Crippen LogP contribution in [0.25, 0.3) is 0 Å². The number of nitrogens with zero attached hydrogens (tertiary/aromatic N) is 5. The van der Waals surface area contributed by atoms with Crippen LogP contribution < -0.4 is 10.2 Å². The van der Waals surface area contributed by atoms with Crippen molar-refractivity contribution < 1.29 is 0 Å². The van der Waals surface area contributed by atoms with E-state index in [-0.39, 0.29) is 0 Å². The van der Waals surface area contributed by atoms with Gasteiger partial charge >= 0.3 is 0 Å². The van der Waals surface area contributed by atoms with Gasteiger partial charge in [-0.15, -0.1) is 5.10 Å². The van der Waals surface area contributed by atoms with Crippen molar-refractivity contribution >= 4 is 5.95 Å². The minimum atomic E-state index is 0.670. The summed E-state index contributed by atoms with van der Waals surface area (Å²) in [5.41, 5.74) is 2.45. The number of hydrogen-bond acceptors (Lipinski definition) is 5. The Kier molecular flexibility index (Phi) is 3.20. The molecule has 0 radical (unpaired) electrons. The van der Waals surface area contributed by atoms with E-state index in [1.165, 1.54) is 12.1 Å². The molecule has 1 aliphatic rings. The van der Waals surface area contributed by atoms with Gasteiger partial charge in [-0.25, -0.2) is 0 Å². The monoisotopic (exact) mass is 261 g/mol. The molecule has 1 aliphatic heterocycles. The highest BCUT2D eigenvalue weighted by Crippen LogP contribution is 2.14. The van der Waals surface area contributed by atoms with E-state index in [1.807, 2.05) is 19.0 Å². The molecule has 0 atom stereocenters. The Balaban J connectivity index is 1.51. The summed E-state index contributed by atoms with van der Waals surface area (Å²) in [6, 6.07) is 2.19. The Hall–Kier alpha value is -1.89. The van der Waals surface area contributed by atoms with Gasteiger partial charge < -0.3 is 10.2 Å². The fourth-order valence-electron chi connectivity index (χ4n) is 2.28. The predicted molar refractivity (Wildman–Crippen MR) is 71.8 cm³/mol. The lowest BCUT2D eigenvalue weighted by molar-refractivity contribution is 0.609. The van der Waals surface area contributed by atoms with Crippen LogP contribution in [0.1, 0.15) is 23.6 Å². The van der Waals surface area contributed by atoms with Gasteiger partial charge in [-0.1, -0.05) is 0 Å². The van der Waals surface area contributed by atoms with E-state index in [4.69, 9.17) is 0 Å². The van der Waals surface area contributed by atoms with Crippen LogP contribution in [-0.4, -0.2) is 39.1 Å². The van der Waals surface area contributed by atoms with Crippen LogP contribution in [0, 0.1) is 0 Å². The van der Waals surface area contributed by atoms with Crippen molar-refractivity contribution in [2.45, 2.75) is 32.5 Å². The maximum atomic E-state index is 4.56. The first-order chi connectivity index (χ1) is 9.22. The normalized spacial score (nSPS) is 13.8. The molecule has 2 aromatic heterocycles. The van der Waals surface area contributed by atoms with Gasteiger partial charge in [0.2, 0.25) is 5.95 Å². The fourth-order valence-corrected chi connectivity index (χ4v) is 2.28. The molecule has 0 bridgehead atoms. The van der Waals surface area contributed by atoms with Gasteiger partial charge in [0.05, 0.1) is 12.2 Å². The van der Waals surface area contributed by atoms with Crippen LogP contribution in [0.5, 0.6) is 0 Å². The Morgan fingerprint density at radius 3 is 3.05 bits per heavy atom. The van der Waals surface area contributed by atoms with Crippen molar-refractivity contribution in [1.82, 2.24) is 30.3 Å². The smallest absolute Gasteiger partial charge is 0.244 e. The molecule has 2 N–H and O–H groups in total. The molecule has 7 heteroatoms. The Labute approximate surface area is 112 Å². The molecular formula is C12H19N7. The van der Waals surface area contributed by atoms with Crippen LogP contribution in [0.15, 0.2) is 6.07 Å². The van der Waals surface area contributed by atoms with Crippen molar-refractivity contribution in [2.24, 2.45) is 0 Å². The Bertz CT molecular complexity index is 533. The van der Waals surface area contributed by atoms with Crippen molar-refractivity contribution in [3.63, 3.8) is 0 Å². The summed E-state index contributed by atoms with van der Waals surface area (Å²) in [7, 11) is 3.85. The van der Waals surface area contributed by atoms with E-state index >= 15 is 0 Å². The van der Waals surface area contributed by atoms with E-state index in [0.29, 0.717) is 12.5 Å². The predicted octanol–water partition coefficient (Wildman–Crippen LogP) is 0.303. The zero-order valence-corrected chi connectivity index (χ0v) is 11.3. The molecule has 0 unspecified atom stereocenters. The van der Waals surface area contributed by atoms with Gasteiger partial charge in [0, 0.05) is 32.9 Å². The number of H-pyrrole nitrogens is 1. The molecule has 0 amide bonds. The molecule has 2 aromatic rings. The first-order valence-electron chi connectivity index (χ1n) is 6.57. The molecule has 0 saturated carbocycles. The van der Waals surface area contributed by atoms with Crippen molar-refractivity contribution in [3.8, 4) is 0 Å². The number of aryl methyl sites for hydroxylation is 2. The zero-order chi connectivity index (χ0) is 13.2. The van der Waals surface area contributed by atoms with Gasteiger partial charge in [0.1, 0.15) is 5.82 Å². The molecule has 7 nitrogen and oxygen atoms in total. The Morgan fingerprint density at radius 2 is 2.32 bits per heavy atom. The first-order valence-corrected chi connectivity index (χ1v) is 6.57. The maximum absolute atomic E-state index is 4.56. The lowest BCUT2D eigenvalue weighted by atomic mass is 10.3.